The number of esters is 2. The number of carbonyl (C=O) groups excluding carboxylic acids is 7. The highest BCUT2D eigenvalue weighted by Gasteiger charge is 2.24. The fourth-order valence-electron chi connectivity index (χ4n) is 7.17. The highest BCUT2D eigenvalue weighted by molar-refractivity contribution is 8.76. The van der Waals surface area contributed by atoms with E-state index in [4.69, 9.17) is 44.3 Å². The minimum atomic E-state index is -0.469. The van der Waals surface area contributed by atoms with E-state index in [0.29, 0.717) is 66.8 Å². The van der Waals surface area contributed by atoms with E-state index in [1.807, 2.05) is 54.6 Å². The summed E-state index contributed by atoms with van der Waals surface area (Å²) in [6.45, 7) is 2.19. The van der Waals surface area contributed by atoms with Gasteiger partial charge >= 0.3 is 11.9 Å². The molecule has 7 rings (SSSR count). The molecule has 3 N–H and O–H groups in total. The first-order valence-corrected chi connectivity index (χ1v) is 26.9. The number of amides is 3. The molecule has 1 heterocycles. The number of anilines is 3. The quantitative estimate of drug-likeness (QED) is 0.0374. The van der Waals surface area contributed by atoms with Gasteiger partial charge in [-0.25, -0.2) is 0 Å². The van der Waals surface area contributed by atoms with Crippen molar-refractivity contribution in [2.75, 3.05) is 73.7 Å². The van der Waals surface area contributed by atoms with Crippen LogP contribution in [0.25, 0.3) is 0 Å². The second-order valence-electron chi connectivity index (χ2n) is 16.2. The second-order valence-corrected chi connectivity index (χ2v) is 20.2. The summed E-state index contributed by atoms with van der Waals surface area (Å²) in [5.74, 6) is -0.481. The Morgan fingerprint density at radius 1 is 0.627 bits per heavy atom. The molecule has 390 valence electrons. The van der Waals surface area contributed by atoms with Crippen LogP contribution >= 0.6 is 56.4 Å². The largest absolute Gasteiger partial charge is 0.465 e. The number of ether oxygens (including phenoxy) is 2. The summed E-state index contributed by atoms with van der Waals surface area (Å²) >= 11 is 18.2. The number of carbonyl (C=O) groups is 7. The molecule has 0 bridgehead atoms. The van der Waals surface area contributed by atoms with E-state index in [1.165, 1.54) is 44.4 Å². The van der Waals surface area contributed by atoms with Crippen LogP contribution in [-0.2, 0) is 33.4 Å². The van der Waals surface area contributed by atoms with E-state index in [1.54, 1.807) is 111 Å². The highest BCUT2D eigenvalue weighted by atomic mass is 35.5. The number of quaternary nitrogens is 1. The van der Waals surface area contributed by atoms with Gasteiger partial charge in [0.1, 0.15) is 19.8 Å². The lowest BCUT2D eigenvalue weighted by Gasteiger charge is -2.20. The lowest BCUT2D eigenvalue weighted by molar-refractivity contribution is -0.354. The van der Waals surface area contributed by atoms with Gasteiger partial charge in [-0.2, -0.15) is 0 Å². The summed E-state index contributed by atoms with van der Waals surface area (Å²) in [6, 6.07) is 42.6. The molecule has 6 aromatic rings. The van der Waals surface area contributed by atoms with Crippen molar-refractivity contribution in [1.82, 2.24) is 0 Å². The monoisotopic (exact) mass is 1110 g/mol. The van der Waals surface area contributed by atoms with E-state index < -0.39 is 5.97 Å². The number of fused-ring (bicyclic) bond motifs is 1. The minimum absolute atomic E-state index is 0.0282. The molecule has 75 heavy (non-hydrogen) atoms. The second kappa shape index (κ2) is 29.9. The SMILES string of the molecule is CC(=O)OCCSSCCOC(=O)CCC(=O)N(C)c1ccc(Cl)cc1C(=O)c1ccccc1.CN(C(=O)C[NH3+])c1ccc(Cl)cc1C(=O)c1ccccc1.CN1C(=O)CN=C(c2ccccc2)c2cc(Cl)ccc21. The molecule has 0 aliphatic carbocycles. The summed E-state index contributed by atoms with van der Waals surface area (Å²) in [7, 11) is 7.97. The first kappa shape index (κ1) is 59.1. The Kier molecular flexibility index (Phi) is 23.6. The topological polar surface area (TPSA) is 188 Å². The maximum atomic E-state index is 13.0. The molecule has 0 spiro atoms. The van der Waals surface area contributed by atoms with Gasteiger partial charge in [-0.15, -0.1) is 0 Å². The Morgan fingerprint density at radius 2 is 1.09 bits per heavy atom. The van der Waals surface area contributed by atoms with E-state index >= 15 is 0 Å². The number of hydrogen-bond acceptors (Lipinski definition) is 12. The smallest absolute Gasteiger partial charge is 0.306 e. The molecule has 1 aliphatic heterocycles. The summed E-state index contributed by atoms with van der Waals surface area (Å²) in [5, 5.41) is 1.47. The van der Waals surface area contributed by atoms with Gasteiger partial charge in [0.15, 0.2) is 18.1 Å². The van der Waals surface area contributed by atoms with Gasteiger partial charge in [0.05, 0.1) is 29.2 Å². The van der Waals surface area contributed by atoms with Gasteiger partial charge in [-0.3, -0.25) is 38.6 Å². The van der Waals surface area contributed by atoms with Crippen LogP contribution < -0.4 is 20.4 Å². The molecule has 14 nitrogen and oxygen atoms in total. The minimum Gasteiger partial charge on any atom is -0.465 e. The average molecular weight is 1110 g/mol. The van der Waals surface area contributed by atoms with Crippen molar-refractivity contribution in [1.29, 1.82) is 0 Å². The average Bonchev–Trinajstić information content (AvgIpc) is 3.54. The van der Waals surface area contributed by atoms with E-state index in [9.17, 15) is 33.6 Å². The molecule has 1 aliphatic rings. The van der Waals surface area contributed by atoms with Crippen molar-refractivity contribution in [3.8, 4) is 0 Å². The molecule has 0 unspecified atom stereocenters. The Balaban J connectivity index is 0.000000219. The molecule has 0 radical (unpaired) electrons. The number of hydrogen-bond donors (Lipinski definition) is 1. The molecule has 0 aromatic heterocycles. The molecule has 6 aromatic carbocycles. The first-order valence-electron chi connectivity index (χ1n) is 23.3. The Labute approximate surface area is 458 Å². The van der Waals surface area contributed by atoms with Crippen molar-refractivity contribution >= 4 is 120 Å². The van der Waals surface area contributed by atoms with Crippen molar-refractivity contribution < 1.29 is 48.8 Å². The molecule has 19 heteroatoms. The summed E-state index contributed by atoms with van der Waals surface area (Å²) < 4.78 is 9.98. The zero-order chi connectivity index (χ0) is 54.4. The highest BCUT2D eigenvalue weighted by Crippen LogP contribution is 2.30. The third-order valence-electron chi connectivity index (χ3n) is 11.1. The number of benzodiazepines with no additional fused rings is 1. The number of rotatable bonds is 18. The fourth-order valence-corrected chi connectivity index (χ4v) is 9.34. The Hall–Kier alpha value is -6.79. The maximum absolute atomic E-state index is 13.0. The van der Waals surface area contributed by atoms with Gasteiger partial charge in [0.25, 0.3) is 5.91 Å². The van der Waals surface area contributed by atoms with Gasteiger partial charge < -0.3 is 29.9 Å². The number of ketones is 2. The molecular weight excluding hydrogens is 1060 g/mol. The normalized spacial score (nSPS) is 11.5. The third kappa shape index (κ3) is 17.7. The van der Waals surface area contributed by atoms with Crippen molar-refractivity contribution in [2.45, 2.75) is 19.8 Å². The van der Waals surface area contributed by atoms with Crippen LogP contribution in [0.2, 0.25) is 15.1 Å². The van der Waals surface area contributed by atoms with Gasteiger partial charge in [0.2, 0.25) is 11.8 Å². The number of nitrogens with zero attached hydrogens (tertiary/aromatic N) is 4. The third-order valence-corrected chi connectivity index (χ3v) is 14.1. The van der Waals surface area contributed by atoms with Gasteiger partial charge in [0, 0.05) is 94.4 Å². The number of aliphatic imine (C=N–C) groups is 1. The molecule has 0 fully saturated rings. The lowest BCUT2D eigenvalue weighted by Crippen LogP contribution is -2.57. The Bertz CT molecular complexity index is 3010. The zero-order valence-corrected chi connectivity index (χ0v) is 45.5. The number of benzene rings is 6. The van der Waals surface area contributed by atoms with E-state index in [-0.39, 0.29) is 67.8 Å². The summed E-state index contributed by atoms with van der Waals surface area (Å²) in [6.07, 6.45) is -0.121. The molecule has 0 atom stereocenters. The lowest BCUT2D eigenvalue weighted by atomic mass is 10.0. The molecule has 0 saturated carbocycles. The summed E-state index contributed by atoms with van der Waals surface area (Å²) in [4.78, 5) is 93.7. The van der Waals surface area contributed by atoms with Crippen LogP contribution in [0, 0.1) is 0 Å². The standard InChI is InChI=1S/C24H26ClNO6S2.C16H15ClN2O2.C16H13ClN2O/c1-17(27)31-12-14-33-34-15-13-32-23(29)11-10-22(28)26(2)21-9-8-19(25)16-20(21)24(30)18-6-4-3-5-7-18;1-19(15(20)10-18)14-8-7-12(17)9-13(14)16(21)11-5-3-2-4-6-11;1-19-14-8-7-12(17)9-13(14)16(18-10-15(19)20)11-5-3-2-4-6-11/h3-9,16H,10-15H2,1-2H3;2-9H,10,18H2,1H3;2-9H,10H2,1H3/p+1. The van der Waals surface area contributed by atoms with Crippen LogP contribution in [0.3, 0.4) is 0 Å². The molecule has 3 amide bonds. The zero-order valence-electron chi connectivity index (χ0n) is 41.6. The first-order chi connectivity index (χ1) is 36.0. The molecule has 0 saturated heterocycles. The van der Waals surface area contributed by atoms with Gasteiger partial charge in [-0.1, -0.05) is 147 Å². The van der Waals surface area contributed by atoms with E-state index in [0.717, 1.165) is 22.5 Å². The van der Waals surface area contributed by atoms with E-state index in [2.05, 4.69) is 10.7 Å². The fraction of sp³-hybridized carbons (Fsp3) is 0.214. The number of halogens is 3. The maximum Gasteiger partial charge on any atom is 0.306 e. The van der Waals surface area contributed by atoms with Crippen molar-refractivity contribution in [3.63, 3.8) is 0 Å². The van der Waals surface area contributed by atoms with Crippen LogP contribution in [-0.4, -0.2) is 106 Å². The predicted octanol–water partition coefficient (Wildman–Crippen LogP) is 9.73. The van der Waals surface area contributed by atoms with Crippen molar-refractivity contribution in [3.05, 3.63) is 194 Å². The van der Waals surface area contributed by atoms with Crippen LogP contribution in [0.5, 0.6) is 0 Å². The Morgan fingerprint density at radius 3 is 1.60 bits per heavy atom. The van der Waals surface area contributed by atoms with Gasteiger partial charge in [-0.05, 0) is 54.6 Å². The van der Waals surface area contributed by atoms with Crippen LogP contribution in [0.15, 0.2) is 151 Å². The summed E-state index contributed by atoms with van der Waals surface area (Å²) in [5.41, 5.74) is 9.78. The van der Waals surface area contributed by atoms with Crippen LogP contribution in [0.1, 0.15) is 62.7 Å². The molecular formula is C56H55Cl3N5O9S2+. The predicted molar refractivity (Wildman–Crippen MR) is 301 cm³/mol. The van der Waals surface area contributed by atoms with Crippen LogP contribution in [0.4, 0.5) is 17.1 Å². The van der Waals surface area contributed by atoms with Crippen molar-refractivity contribution in [2.24, 2.45) is 4.99 Å². The number of likely N-dealkylation sites (N-methyl/N-ethyl adjacent to an activating group) is 2.